The first-order valence-electron chi connectivity index (χ1n) is 10.4. The van der Waals surface area contributed by atoms with Crippen LogP contribution in [0.4, 0.5) is 11.4 Å². The van der Waals surface area contributed by atoms with Gasteiger partial charge in [0.15, 0.2) is 0 Å². The molecule has 0 bridgehead atoms. The highest BCUT2D eigenvalue weighted by molar-refractivity contribution is 5.99. The number of piperidine rings is 1. The number of nitrogens with zero attached hydrogens (tertiary/aromatic N) is 2. The summed E-state index contributed by atoms with van der Waals surface area (Å²) in [5.41, 5.74) is 5.53. The van der Waals surface area contributed by atoms with Crippen molar-refractivity contribution in [3.05, 3.63) is 40.0 Å². The Balaban J connectivity index is 1.60. The molecule has 1 fully saturated rings. The largest absolute Gasteiger partial charge is 0.486 e. The summed E-state index contributed by atoms with van der Waals surface area (Å²) in [6, 6.07) is 2.93. The van der Waals surface area contributed by atoms with Gasteiger partial charge in [0.1, 0.15) is 5.69 Å². The van der Waals surface area contributed by atoms with Crippen LogP contribution in [0.2, 0.25) is 0 Å². The topological polar surface area (TPSA) is 111 Å². The van der Waals surface area contributed by atoms with E-state index >= 15 is 0 Å². The van der Waals surface area contributed by atoms with E-state index in [1.165, 1.54) is 25.0 Å². The molecule has 158 valence electrons. The van der Waals surface area contributed by atoms with Gasteiger partial charge in [0.2, 0.25) is 5.75 Å². The summed E-state index contributed by atoms with van der Waals surface area (Å²) < 4.78 is 5.43. The van der Waals surface area contributed by atoms with Gasteiger partial charge in [-0.2, -0.15) is 0 Å². The smallest absolute Gasteiger partial charge is 0.334 e. The predicted molar refractivity (Wildman–Crippen MR) is 112 cm³/mol. The molecule has 8 heteroatoms. The number of anilines is 1. The fourth-order valence-electron chi connectivity index (χ4n) is 4.15. The lowest BCUT2D eigenvalue weighted by molar-refractivity contribution is -0.384. The molecule has 0 radical (unpaired) electrons. The Bertz CT molecular complexity index is 772. The van der Waals surface area contributed by atoms with E-state index in [9.17, 15) is 14.9 Å². The van der Waals surface area contributed by atoms with Crippen molar-refractivity contribution in [1.29, 1.82) is 0 Å². The first kappa shape index (κ1) is 21.1. The first-order chi connectivity index (χ1) is 14.0. The van der Waals surface area contributed by atoms with Crippen molar-refractivity contribution in [1.82, 2.24) is 10.2 Å². The van der Waals surface area contributed by atoms with Gasteiger partial charge >= 0.3 is 5.69 Å². The molecule has 1 heterocycles. The van der Waals surface area contributed by atoms with Crippen molar-refractivity contribution in [2.24, 2.45) is 5.92 Å². The zero-order valence-corrected chi connectivity index (χ0v) is 16.9. The summed E-state index contributed by atoms with van der Waals surface area (Å²) in [5.74, 6) is 0.320. The minimum absolute atomic E-state index is 0.0131. The van der Waals surface area contributed by atoms with Crippen molar-refractivity contribution in [3.8, 4) is 5.75 Å². The summed E-state index contributed by atoms with van der Waals surface area (Å²) in [6.07, 6.45) is 9.87. The number of carbonyl (C=O) groups excluding carboxylic acids is 1. The third kappa shape index (κ3) is 5.26. The minimum atomic E-state index is -0.601. The number of hydrogen-bond donors (Lipinski definition) is 2. The van der Waals surface area contributed by atoms with Gasteiger partial charge in [-0.05, 0) is 57.1 Å². The number of ether oxygens (including phenoxy) is 1. The average Bonchev–Trinajstić information content (AvgIpc) is 2.70. The van der Waals surface area contributed by atoms with E-state index in [2.05, 4.69) is 22.4 Å². The van der Waals surface area contributed by atoms with E-state index in [0.717, 1.165) is 44.8 Å². The molecule has 1 aliphatic heterocycles. The van der Waals surface area contributed by atoms with E-state index in [4.69, 9.17) is 10.5 Å². The van der Waals surface area contributed by atoms with Crippen LogP contribution in [-0.4, -0.2) is 48.0 Å². The number of hydrogen-bond acceptors (Lipinski definition) is 6. The van der Waals surface area contributed by atoms with Crippen LogP contribution in [0.3, 0.4) is 0 Å². The molecule has 1 unspecified atom stereocenters. The Morgan fingerprint density at radius 1 is 1.31 bits per heavy atom. The van der Waals surface area contributed by atoms with Crippen molar-refractivity contribution >= 4 is 17.3 Å². The Kier molecular flexibility index (Phi) is 7.09. The molecule has 1 aromatic rings. The zero-order chi connectivity index (χ0) is 20.8. The summed E-state index contributed by atoms with van der Waals surface area (Å²) >= 11 is 0. The fourth-order valence-corrected chi connectivity index (χ4v) is 4.15. The second-order valence-electron chi connectivity index (χ2n) is 7.77. The van der Waals surface area contributed by atoms with Crippen LogP contribution >= 0.6 is 0 Å². The number of nitrogens with two attached hydrogens (primary N) is 1. The Labute approximate surface area is 171 Å². The molecule has 1 aromatic carbocycles. The standard InChI is InChI=1S/C21H30N4O4/c1-2-29-20-17(8-9-18(22)19(20)25(27)28)21(26)23-16-10-12-24(13-11-16)14-15-6-4-3-5-7-15/h3-4,8-9,15-16H,2,5-7,10-14,22H2,1H3,(H,23,26). The van der Waals surface area contributed by atoms with Crippen molar-refractivity contribution < 1.29 is 14.5 Å². The first-order valence-corrected chi connectivity index (χ1v) is 10.4. The SMILES string of the molecule is CCOc1c(C(=O)NC2CCN(CC3CC=CCC3)CC2)ccc(N)c1[N+](=O)[O-]. The number of allylic oxidation sites excluding steroid dienone is 2. The summed E-state index contributed by atoms with van der Waals surface area (Å²) in [5, 5.41) is 14.4. The molecule has 1 saturated heterocycles. The molecule has 2 aliphatic rings. The molecular weight excluding hydrogens is 372 g/mol. The minimum Gasteiger partial charge on any atom is -0.486 e. The molecule has 1 amide bonds. The molecular formula is C21H30N4O4. The normalized spacial score (nSPS) is 20.4. The molecule has 3 rings (SSSR count). The molecule has 8 nitrogen and oxygen atoms in total. The van der Waals surface area contributed by atoms with Crippen LogP contribution in [0.25, 0.3) is 0 Å². The highest BCUT2D eigenvalue weighted by Gasteiger charge is 2.29. The third-order valence-corrected chi connectivity index (χ3v) is 5.70. The molecule has 0 aromatic heterocycles. The molecule has 1 atom stereocenters. The highest BCUT2D eigenvalue weighted by atomic mass is 16.6. The van der Waals surface area contributed by atoms with Crippen LogP contribution in [0.5, 0.6) is 5.75 Å². The average molecular weight is 402 g/mol. The van der Waals surface area contributed by atoms with E-state index in [0.29, 0.717) is 0 Å². The quantitative estimate of drug-likeness (QED) is 0.314. The number of amides is 1. The Morgan fingerprint density at radius 3 is 2.69 bits per heavy atom. The lowest BCUT2D eigenvalue weighted by Gasteiger charge is -2.35. The zero-order valence-electron chi connectivity index (χ0n) is 16.9. The van der Waals surface area contributed by atoms with Crippen LogP contribution in [0, 0.1) is 16.0 Å². The van der Waals surface area contributed by atoms with Crippen LogP contribution in [0.1, 0.15) is 49.4 Å². The van der Waals surface area contributed by atoms with Gasteiger partial charge in [-0.15, -0.1) is 0 Å². The second kappa shape index (κ2) is 9.73. The Hall–Kier alpha value is -2.61. The van der Waals surface area contributed by atoms with Gasteiger partial charge in [-0.25, -0.2) is 0 Å². The number of nitrogen functional groups attached to an aromatic ring is 1. The summed E-state index contributed by atoms with van der Waals surface area (Å²) in [4.78, 5) is 26.1. The van der Waals surface area contributed by atoms with Crippen LogP contribution < -0.4 is 15.8 Å². The Morgan fingerprint density at radius 2 is 2.07 bits per heavy atom. The molecule has 0 saturated carbocycles. The van der Waals surface area contributed by atoms with Gasteiger partial charge in [0.25, 0.3) is 5.91 Å². The maximum Gasteiger partial charge on any atom is 0.334 e. The maximum atomic E-state index is 12.8. The number of nitro benzene ring substituents is 1. The number of likely N-dealkylation sites (tertiary alicyclic amines) is 1. The maximum absolute atomic E-state index is 12.8. The van der Waals surface area contributed by atoms with Crippen LogP contribution in [-0.2, 0) is 0 Å². The highest BCUT2D eigenvalue weighted by Crippen LogP contribution is 2.36. The lowest BCUT2D eigenvalue weighted by Crippen LogP contribution is -2.46. The predicted octanol–water partition coefficient (Wildman–Crippen LogP) is 3.13. The van der Waals surface area contributed by atoms with Crippen molar-refractivity contribution in [2.45, 2.75) is 45.1 Å². The fraction of sp³-hybridized carbons (Fsp3) is 0.571. The molecule has 3 N–H and O–H groups in total. The summed E-state index contributed by atoms with van der Waals surface area (Å²) in [7, 11) is 0. The number of rotatable bonds is 7. The van der Waals surface area contributed by atoms with E-state index in [1.54, 1.807) is 6.92 Å². The number of nitrogens with one attached hydrogen (secondary N) is 1. The third-order valence-electron chi connectivity index (χ3n) is 5.70. The van der Waals surface area contributed by atoms with Crippen LogP contribution in [0.15, 0.2) is 24.3 Å². The van der Waals surface area contributed by atoms with Gasteiger partial charge in [0.05, 0.1) is 17.1 Å². The van der Waals surface area contributed by atoms with E-state index in [-0.39, 0.29) is 41.2 Å². The van der Waals surface area contributed by atoms with Crippen molar-refractivity contribution in [2.75, 3.05) is 32.0 Å². The van der Waals surface area contributed by atoms with E-state index < -0.39 is 4.92 Å². The lowest BCUT2D eigenvalue weighted by atomic mass is 9.93. The van der Waals surface area contributed by atoms with Crippen molar-refractivity contribution in [3.63, 3.8) is 0 Å². The monoisotopic (exact) mass is 402 g/mol. The molecule has 29 heavy (non-hydrogen) atoms. The molecule has 0 spiro atoms. The number of carbonyl (C=O) groups is 1. The van der Waals surface area contributed by atoms with Gasteiger partial charge in [0, 0.05) is 25.7 Å². The van der Waals surface area contributed by atoms with Gasteiger partial charge in [-0.1, -0.05) is 12.2 Å². The summed E-state index contributed by atoms with van der Waals surface area (Å²) in [6.45, 7) is 4.94. The number of nitro groups is 1. The van der Waals surface area contributed by atoms with Gasteiger partial charge in [-0.3, -0.25) is 14.9 Å². The van der Waals surface area contributed by atoms with E-state index in [1.807, 2.05) is 0 Å². The second-order valence-corrected chi connectivity index (χ2v) is 7.77. The number of benzene rings is 1. The molecule has 1 aliphatic carbocycles. The van der Waals surface area contributed by atoms with Gasteiger partial charge < -0.3 is 20.7 Å².